The van der Waals surface area contributed by atoms with Crippen LogP contribution in [0.3, 0.4) is 0 Å². The summed E-state index contributed by atoms with van der Waals surface area (Å²) in [5, 5.41) is 9.14. The van der Waals surface area contributed by atoms with Crippen molar-refractivity contribution in [3.05, 3.63) is 0 Å². The van der Waals surface area contributed by atoms with E-state index < -0.39 is 5.97 Å². The van der Waals surface area contributed by atoms with E-state index in [1.54, 1.807) is 0 Å². The van der Waals surface area contributed by atoms with Gasteiger partial charge in [0, 0.05) is 6.04 Å². The van der Waals surface area contributed by atoms with Crippen LogP contribution < -0.4 is 0 Å². The highest BCUT2D eigenvalue weighted by molar-refractivity contribution is 5.73. The number of aliphatic carboxylic acids is 1. The largest absolute Gasteiger partial charge is 0.480 e. The minimum Gasteiger partial charge on any atom is -0.480 e. The Morgan fingerprint density at radius 3 is 2.06 bits per heavy atom. The van der Waals surface area contributed by atoms with Crippen molar-refractivity contribution in [2.45, 2.75) is 65.5 Å². The van der Waals surface area contributed by atoms with Crippen LogP contribution in [0.1, 0.15) is 53.4 Å². The molecule has 0 aliphatic rings. The predicted molar refractivity (Wildman–Crippen MR) is 67.6 cm³/mol. The van der Waals surface area contributed by atoms with Crippen LogP contribution >= 0.6 is 0 Å². The third-order valence-corrected chi connectivity index (χ3v) is 3.58. The second kappa shape index (κ2) is 7.66. The molecule has 0 heterocycles. The molecule has 3 unspecified atom stereocenters. The van der Waals surface area contributed by atoms with Crippen molar-refractivity contribution in [3.8, 4) is 0 Å². The molecule has 0 aliphatic carbocycles. The molecule has 0 aliphatic heterocycles. The lowest BCUT2D eigenvalue weighted by molar-refractivity contribution is -0.144. The van der Waals surface area contributed by atoms with Crippen LogP contribution in [0.4, 0.5) is 0 Å². The molecule has 1 N–H and O–H groups in total. The third kappa shape index (κ3) is 4.52. The van der Waals surface area contributed by atoms with Crippen molar-refractivity contribution in [2.75, 3.05) is 7.05 Å². The number of hydrogen-bond donors (Lipinski definition) is 1. The van der Waals surface area contributed by atoms with Crippen LogP contribution in [0.5, 0.6) is 0 Å². The molecular weight excluding hydrogens is 202 g/mol. The lowest BCUT2D eigenvalue weighted by Gasteiger charge is -2.33. The standard InChI is InChI=1S/C13H27NO2/c1-6-10(4)9-11(7-2)14(5)12(8-3)13(15)16/h10-12H,6-9H2,1-5H3,(H,15,16). The van der Waals surface area contributed by atoms with Crippen molar-refractivity contribution < 1.29 is 9.90 Å². The van der Waals surface area contributed by atoms with E-state index in [1.165, 1.54) is 0 Å². The van der Waals surface area contributed by atoms with Gasteiger partial charge >= 0.3 is 5.97 Å². The van der Waals surface area contributed by atoms with E-state index in [0.29, 0.717) is 18.4 Å². The lowest BCUT2D eigenvalue weighted by Crippen LogP contribution is -2.44. The molecule has 0 saturated carbocycles. The summed E-state index contributed by atoms with van der Waals surface area (Å²) in [4.78, 5) is 13.1. The van der Waals surface area contributed by atoms with E-state index in [9.17, 15) is 4.79 Å². The van der Waals surface area contributed by atoms with E-state index in [4.69, 9.17) is 5.11 Å². The Labute approximate surface area is 99.8 Å². The quantitative estimate of drug-likeness (QED) is 0.695. The first-order valence-electron chi connectivity index (χ1n) is 6.42. The summed E-state index contributed by atoms with van der Waals surface area (Å²) in [7, 11) is 1.94. The van der Waals surface area contributed by atoms with Gasteiger partial charge in [0.1, 0.15) is 6.04 Å². The van der Waals surface area contributed by atoms with Crippen molar-refractivity contribution in [1.82, 2.24) is 4.90 Å². The van der Waals surface area contributed by atoms with Gasteiger partial charge in [-0.05, 0) is 32.2 Å². The van der Waals surface area contributed by atoms with Crippen LogP contribution in [0, 0.1) is 5.92 Å². The molecule has 0 rings (SSSR count). The zero-order chi connectivity index (χ0) is 12.7. The zero-order valence-corrected chi connectivity index (χ0v) is 11.4. The maximum atomic E-state index is 11.1. The summed E-state index contributed by atoms with van der Waals surface area (Å²) >= 11 is 0. The van der Waals surface area contributed by atoms with Gasteiger partial charge in [0.25, 0.3) is 0 Å². The van der Waals surface area contributed by atoms with Crippen LogP contribution in [0.2, 0.25) is 0 Å². The van der Waals surface area contributed by atoms with E-state index >= 15 is 0 Å². The van der Waals surface area contributed by atoms with Gasteiger partial charge in [-0.25, -0.2) is 0 Å². The average Bonchev–Trinajstić information content (AvgIpc) is 2.25. The Morgan fingerprint density at radius 1 is 1.19 bits per heavy atom. The number of hydrogen-bond acceptors (Lipinski definition) is 2. The molecule has 16 heavy (non-hydrogen) atoms. The molecular formula is C13H27NO2. The monoisotopic (exact) mass is 229 g/mol. The van der Waals surface area contributed by atoms with E-state index in [1.807, 2.05) is 18.9 Å². The fourth-order valence-electron chi connectivity index (χ4n) is 2.14. The summed E-state index contributed by atoms with van der Waals surface area (Å²) in [5.41, 5.74) is 0. The molecule has 0 aromatic carbocycles. The number of carboxylic acids is 1. The van der Waals surface area contributed by atoms with Crippen molar-refractivity contribution in [1.29, 1.82) is 0 Å². The fraction of sp³-hybridized carbons (Fsp3) is 0.923. The number of likely N-dealkylation sites (N-methyl/N-ethyl adjacent to an activating group) is 1. The van der Waals surface area contributed by atoms with Crippen molar-refractivity contribution in [3.63, 3.8) is 0 Å². The van der Waals surface area contributed by atoms with Crippen LogP contribution in [0.25, 0.3) is 0 Å². The molecule has 0 spiro atoms. The second-order valence-corrected chi connectivity index (χ2v) is 4.74. The molecule has 0 bridgehead atoms. The van der Waals surface area contributed by atoms with Gasteiger partial charge in [-0.2, -0.15) is 0 Å². The van der Waals surface area contributed by atoms with E-state index in [2.05, 4.69) is 20.8 Å². The Hall–Kier alpha value is -0.570. The normalized spacial score (nSPS) is 17.1. The molecule has 3 heteroatoms. The highest BCUT2D eigenvalue weighted by atomic mass is 16.4. The number of carbonyl (C=O) groups is 1. The number of carboxylic acid groups (broad SMARTS) is 1. The lowest BCUT2D eigenvalue weighted by atomic mass is 9.95. The molecule has 0 fully saturated rings. The SMILES string of the molecule is CCC(C)CC(CC)N(C)C(CC)C(=O)O. The Balaban J connectivity index is 4.49. The van der Waals surface area contributed by atoms with Gasteiger partial charge in [-0.1, -0.05) is 34.1 Å². The Bertz CT molecular complexity index is 206. The average molecular weight is 229 g/mol. The summed E-state index contributed by atoms with van der Waals surface area (Å²) < 4.78 is 0. The third-order valence-electron chi connectivity index (χ3n) is 3.58. The Kier molecular flexibility index (Phi) is 7.39. The molecule has 96 valence electrons. The second-order valence-electron chi connectivity index (χ2n) is 4.74. The first kappa shape index (κ1) is 15.4. The summed E-state index contributed by atoms with van der Waals surface area (Å²) in [5.74, 6) is -0.0358. The zero-order valence-electron chi connectivity index (χ0n) is 11.4. The van der Waals surface area contributed by atoms with Gasteiger partial charge in [0.15, 0.2) is 0 Å². The van der Waals surface area contributed by atoms with Crippen LogP contribution in [-0.4, -0.2) is 35.1 Å². The minimum atomic E-state index is -0.701. The van der Waals surface area contributed by atoms with E-state index in [0.717, 1.165) is 19.3 Å². The van der Waals surface area contributed by atoms with Gasteiger partial charge < -0.3 is 5.11 Å². The first-order valence-corrected chi connectivity index (χ1v) is 6.42. The maximum absolute atomic E-state index is 11.1. The van der Waals surface area contributed by atoms with Crippen LogP contribution in [-0.2, 0) is 4.79 Å². The molecule has 0 amide bonds. The Morgan fingerprint density at radius 2 is 1.75 bits per heavy atom. The molecule has 0 saturated heterocycles. The predicted octanol–water partition coefficient (Wildman–Crippen LogP) is 3.00. The first-order chi connectivity index (χ1) is 7.47. The maximum Gasteiger partial charge on any atom is 0.320 e. The van der Waals surface area contributed by atoms with Gasteiger partial charge in [-0.15, -0.1) is 0 Å². The molecule has 3 nitrogen and oxygen atoms in total. The molecule has 3 atom stereocenters. The highest BCUT2D eigenvalue weighted by Crippen LogP contribution is 2.19. The minimum absolute atomic E-state index is 0.339. The van der Waals surface area contributed by atoms with Crippen molar-refractivity contribution >= 4 is 5.97 Å². The summed E-state index contributed by atoms with van der Waals surface area (Å²) in [6, 6.07) is 0.0463. The van der Waals surface area contributed by atoms with Gasteiger partial charge in [-0.3, -0.25) is 9.69 Å². The smallest absolute Gasteiger partial charge is 0.320 e. The highest BCUT2D eigenvalue weighted by Gasteiger charge is 2.26. The van der Waals surface area contributed by atoms with E-state index in [-0.39, 0.29) is 6.04 Å². The number of nitrogens with zero attached hydrogens (tertiary/aromatic N) is 1. The van der Waals surface area contributed by atoms with Crippen LogP contribution in [0.15, 0.2) is 0 Å². The topological polar surface area (TPSA) is 40.5 Å². The molecule has 0 aromatic heterocycles. The molecule has 0 radical (unpaired) electrons. The van der Waals surface area contributed by atoms with Crippen molar-refractivity contribution in [2.24, 2.45) is 5.92 Å². The summed E-state index contributed by atoms with van der Waals surface area (Å²) in [6.07, 6.45) is 3.94. The summed E-state index contributed by atoms with van der Waals surface area (Å²) in [6.45, 7) is 8.49. The fourth-order valence-corrected chi connectivity index (χ4v) is 2.14. The van der Waals surface area contributed by atoms with Gasteiger partial charge in [0.2, 0.25) is 0 Å². The molecule has 0 aromatic rings. The van der Waals surface area contributed by atoms with Gasteiger partial charge in [0.05, 0.1) is 0 Å². The number of rotatable bonds is 8.